The second kappa shape index (κ2) is 7.73. The molecule has 0 radical (unpaired) electrons. The summed E-state index contributed by atoms with van der Waals surface area (Å²) >= 11 is 0. The Labute approximate surface area is 142 Å². The molecule has 1 aliphatic rings. The lowest BCUT2D eigenvalue weighted by Crippen LogP contribution is -2.42. The number of methoxy groups -OCH3 is 1. The number of rotatable bonds is 4. The molecule has 0 aromatic heterocycles. The van der Waals surface area contributed by atoms with Crippen molar-refractivity contribution in [3.63, 3.8) is 0 Å². The Morgan fingerprint density at radius 2 is 1.79 bits per heavy atom. The average Bonchev–Trinajstić information content (AvgIpc) is 2.49. The van der Waals surface area contributed by atoms with E-state index in [1.807, 2.05) is 20.8 Å². The summed E-state index contributed by atoms with van der Waals surface area (Å²) in [5.74, 6) is 0.187. The van der Waals surface area contributed by atoms with Gasteiger partial charge in [0.15, 0.2) is 0 Å². The number of hydrogen-bond acceptors (Lipinski definition) is 4. The third kappa shape index (κ3) is 5.58. The first-order chi connectivity index (χ1) is 11.3. The largest absolute Gasteiger partial charge is 0.494 e. The maximum absolute atomic E-state index is 13.2. The molecule has 1 aromatic carbocycles. The van der Waals surface area contributed by atoms with Crippen molar-refractivity contribution in [1.82, 2.24) is 5.32 Å². The first kappa shape index (κ1) is 18.4. The van der Waals surface area contributed by atoms with Crippen molar-refractivity contribution in [2.24, 2.45) is 0 Å². The smallest absolute Gasteiger partial charge is 0.407 e. The fraction of sp³-hybridized carbons (Fsp3) is 0.611. The van der Waals surface area contributed by atoms with Gasteiger partial charge in [-0.1, -0.05) is 0 Å². The van der Waals surface area contributed by atoms with Gasteiger partial charge in [0.05, 0.1) is 12.8 Å². The minimum Gasteiger partial charge on any atom is -0.494 e. The lowest BCUT2D eigenvalue weighted by atomic mass is 9.91. The highest BCUT2D eigenvalue weighted by molar-refractivity contribution is 5.68. The second-order valence-electron chi connectivity index (χ2n) is 7.18. The summed E-state index contributed by atoms with van der Waals surface area (Å²) in [6.07, 6.45) is 3.22. The van der Waals surface area contributed by atoms with Crippen molar-refractivity contribution in [2.75, 3.05) is 12.4 Å². The number of nitrogens with one attached hydrogen (secondary N) is 2. The number of carbonyl (C=O) groups is 1. The Bertz CT molecular complexity index is 564. The summed E-state index contributed by atoms with van der Waals surface area (Å²) in [6.45, 7) is 5.55. The summed E-state index contributed by atoms with van der Waals surface area (Å²) in [4.78, 5) is 11.8. The minimum atomic E-state index is -0.484. The molecule has 1 aromatic rings. The maximum Gasteiger partial charge on any atom is 0.407 e. The number of ether oxygens (including phenoxy) is 2. The monoisotopic (exact) mass is 338 g/mol. The molecule has 2 rings (SSSR count). The van der Waals surface area contributed by atoms with Gasteiger partial charge in [0.2, 0.25) is 0 Å². The fourth-order valence-corrected chi connectivity index (χ4v) is 2.86. The zero-order chi connectivity index (χ0) is 17.7. The standard InChI is InChI=1S/C18H27FN2O3/c1-18(2,3)24-17(22)21-14-8-6-13(7-9-14)20-15-10-5-12(19)11-16(15)23-4/h5,10-11,13-14,20H,6-9H2,1-4H3,(H,21,22)/t13-,14+. The molecule has 1 fully saturated rings. The van der Waals surface area contributed by atoms with Crippen molar-refractivity contribution < 1.29 is 18.7 Å². The Kier molecular flexibility index (Phi) is 5.91. The van der Waals surface area contributed by atoms with E-state index < -0.39 is 5.60 Å². The highest BCUT2D eigenvalue weighted by Gasteiger charge is 2.25. The van der Waals surface area contributed by atoms with E-state index >= 15 is 0 Å². The van der Waals surface area contributed by atoms with Crippen LogP contribution < -0.4 is 15.4 Å². The van der Waals surface area contributed by atoms with Gasteiger partial charge in [0.1, 0.15) is 17.2 Å². The zero-order valence-electron chi connectivity index (χ0n) is 14.8. The van der Waals surface area contributed by atoms with Gasteiger partial charge in [-0.3, -0.25) is 0 Å². The van der Waals surface area contributed by atoms with Gasteiger partial charge in [0.25, 0.3) is 0 Å². The number of halogens is 1. The predicted octanol–water partition coefficient (Wildman–Crippen LogP) is 4.08. The van der Waals surface area contributed by atoms with Crippen LogP contribution in [0.15, 0.2) is 18.2 Å². The number of anilines is 1. The first-order valence-corrected chi connectivity index (χ1v) is 8.36. The average molecular weight is 338 g/mol. The van der Waals surface area contributed by atoms with Crippen LogP contribution in [0.5, 0.6) is 5.75 Å². The molecule has 2 N–H and O–H groups in total. The fourth-order valence-electron chi connectivity index (χ4n) is 2.86. The molecule has 0 bridgehead atoms. The molecule has 0 unspecified atom stereocenters. The van der Waals surface area contributed by atoms with Crippen LogP contribution in [0, 0.1) is 5.82 Å². The number of carbonyl (C=O) groups excluding carboxylic acids is 1. The van der Waals surface area contributed by atoms with E-state index in [0.29, 0.717) is 5.75 Å². The zero-order valence-corrected chi connectivity index (χ0v) is 14.8. The molecule has 0 heterocycles. The molecule has 1 saturated carbocycles. The van der Waals surface area contributed by atoms with E-state index in [2.05, 4.69) is 10.6 Å². The van der Waals surface area contributed by atoms with Crippen LogP contribution in [-0.4, -0.2) is 30.9 Å². The maximum atomic E-state index is 13.2. The normalized spacial score (nSPS) is 21.0. The topological polar surface area (TPSA) is 59.6 Å². The lowest BCUT2D eigenvalue weighted by molar-refractivity contribution is 0.0492. The number of amides is 1. The van der Waals surface area contributed by atoms with E-state index in [-0.39, 0.29) is 24.0 Å². The third-order valence-electron chi connectivity index (χ3n) is 3.97. The van der Waals surface area contributed by atoms with Crippen LogP contribution in [0.3, 0.4) is 0 Å². The molecule has 0 saturated heterocycles. The molecule has 0 atom stereocenters. The van der Waals surface area contributed by atoms with Crippen molar-refractivity contribution in [3.8, 4) is 5.75 Å². The quantitative estimate of drug-likeness (QED) is 0.868. The third-order valence-corrected chi connectivity index (χ3v) is 3.97. The van der Waals surface area contributed by atoms with Crippen molar-refractivity contribution in [2.45, 2.75) is 64.1 Å². The van der Waals surface area contributed by atoms with Gasteiger partial charge < -0.3 is 20.1 Å². The van der Waals surface area contributed by atoms with E-state index in [0.717, 1.165) is 31.4 Å². The molecule has 134 valence electrons. The van der Waals surface area contributed by atoms with Gasteiger partial charge in [-0.15, -0.1) is 0 Å². The van der Waals surface area contributed by atoms with Crippen LogP contribution in [0.25, 0.3) is 0 Å². The second-order valence-corrected chi connectivity index (χ2v) is 7.18. The molecule has 1 aliphatic carbocycles. The Morgan fingerprint density at radius 3 is 2.38 bits per heavy atom. The van der Waals surface area contributed by atoms with Crippen molar-refractivity contribution in [3.05, 3.63) is 24.0 Å². The molecule has 1 amide bonds. The molecule has 0 spiro atoms. The molecule has 24 heavy (non-hydrogen) atoms. The van der Waals surface area contributed by atoms with E-state index in [4.69, 9.17) is 9.47 Å². The lowest BCUT2D eigenvalue weighted by Gasteiger charge is -2.31. The summed E-state index contributed by atoms with van der Waals surface area (Å²) < 4.78 is 23.7. The van der Waals surface area contributed by atoms with Crippen molar-refractivity contribution in [1.29, 1.82) is 0 Å². The molecule has 5 nitrogen and oxygen atoms in total. The summed E-state index contributed by atoms with van der Waals surface area (Å²) in [5, 5.41) is 6.33. The van der Waals surface area contributed by atoms with Crippen LogP contribution in [0.4, 0.5) is 14.9 Å². The summed E-state index contributed by atoms with van der Waals surface area (Å²) in [5.41, 5.74) is 0.310. The van der Waals surface area contributed by atoms with Gasteiger partial charge in [-0.25, -0.2) is 9.18 Å². The predicted molar refractivity (Wildman–Crippen MR) is 92.0 cm³/mol. The molecule has 6 heteroatoms. The van der Waals surface area contributed by atoms with Crippen LogP contribution in [0.1, 0.15) is 46.5 Å². The molecule has 0 aliphatic heterocycles. The number of alkyl carbamates (subject to hydrolysis) is 1. The van der Waals surface area contributed by atoms with Crippen LogP contribution >= 0.6 is 0 Å². The van der Waals surface area contributed by atoms with Crippen molar-refractivity contribution >= 4 is 11.8 Å². The van der Waals surface area contributed by atoms with E-state index in [1.54, 1.807) is 6.07 Å². The van der Waals surface area contributed by atoms with Gasteiger partial charge in [0, 0.05) is 18.2 Å². The van der Waals surface area contributed by atoms with Gasteiger partial charge in [-0.2, -0.15) is 0 Å². The van der Waals surface area contributed by atoms with Crippen LogP contribution in [0.2, 0.25) is 0 Å². The van der Waals surface area contributed by atoms with E-state index in [1.165, 1.54) is 19.2 Å². The molecular weight excluding hydrogens is 311 g/mol. The molecular formula is C18H27FN2O3. The number of hydrogen-bond donors (Lipinski definition) is 2. The SMILES string of the molecule is COc1cc(F)ccc1N[C@H]1CC[C@@H](NC(=O)OC(C)(C)C)CC1. The van der Waals surface area contributed by atoms with Gasteiger partial charge in [-0.05, 0) is 58.6 Å². The Morgan fingerprint density at radius 1 is 1.17 bits per heavy atom. The summed E-state index contributed by atoms with van der Waals surface area (Å²) in [6, 6.07) is 4.90. The Hall–Kier alpha value is -1.98. The van der Waals surface area contributed by atoms with E-state index in [9.17, 15) is 9.18 Å². The highest BCUT2D eigenvalue weighted by atomic mass is 19.1. The minimum absolute atomic E-state index is 0.132. The Balaban J connectivity index is 1.82. The highest BCUT2D eigenvalue weighted by Crippen LogP contribution is 2.29. The first-order valence-electron chi connectivity index (χ1n) is 8.36. The number of benzene rings is 1. The summed E-state index contributed by atoms with van der Waals surface area (Å²) in [7, 11) is 1.53. The van der Waals surface area contributed by atoms with Gasteiger partial charge >= 0.3 is 6.09 Å². The van der Waals surface area contributed by atoms with Crippen LogP contribution in [-0.2, 0) is 4.74 Å².